The second-order valence-electron chi connectivity index (χ2n) is 5.22. The number of primary amides is 1. The normalized spacial score (nSPS) is 16.5. The Morgan fingerprint density at radius 1 is 1.43 bits per heavy atom. The average molecular weight is 288 g/mol. The van der Waals surface area contributed by atoms with E-state index in [0.29, 0.717) is 30.4 Å². The van der Waals surface area contributed by atoms with Crippen molar-refractivity contribution in [2.45, 2.75) is 18.9 Å². The molecule has 1 amide bonds. The number of carbonyl (C=O) groups excluding carboxylic acids is 1. The van der Waals surface area contributed by atoms with Gasteiger partial charge in [0.15, 0.2) is 0 Å². The van der Waals surface area contributed by atoms with Crippen molar-refractivity contribution < 1.29 is 4.79 Å². The van der Waals surface area contributed by atoms with Gasteiger partial charge in [0.2, 0.25) is 5.91 Å². The highest BCUT2D eigenvalue weighted by atomic mass is 16.2. The molecule has 0 radical (unpaired) electrons. The first-order chi connectivity index (χ1) is 10.1. The van der Waals surface area contributed by atoms with E-state index in [1.165, 1.54) is 0 Å². The number of hydrogen-bond donors (Lipinski definition) is 3. The van der Waals surface area contributed by atoms with Gasteiger partial charge in [-0.3, -0.25) is 19.1 Å². The fraction of sp³-hybridized carbons (Fsp3) is 0.357. The van der Waals surface area contributed by atoms with Crippen LogP contribution in [0.4, 0.5) is 0 Å². The molecule has 1 atom stereocenters. The van der Waals surface area contributed by atoms with Gasteiger partial charge in [-0.15, -0.1) is 0 Å². The Balaban J connectivity index is 1.91. The lowest BCUT2D eigenvalue weighted by Crippen LogP contribution is -2.35. The third-order valence-electron chi connectivity index (χ3n) is 3.79. The average Bonchev–Trinajstić information content (AvgIpc) is 2.80. The van der Waals surface area contributed by atoms with Crippen LogP contribution >= 0.6 is 0 Å². The number of nitrogens with zero attached hydrogens (tertiary/aromatic N) is 1. The summed E-state index contributed by atoms with van der Waals surface area (Å²) in [6.07, 6.45) is 0.947. The van der Waals surface area contributed by atoms with E-state index in [9.17, 15) is 14.4 Å². The molecule has 110 valence electrons. The molecule has 0 fully saturated rings. The Kier molecular flexibility index (Phi) is 3.34. The zero-order valence-corrected chi connectivity index (χ0v) is 11.4. The van der Waals surface area contributed by atoms with Gasteiger partial charge < -0.3 is 11.1 Å². The van der Waals surface area contributed by atoms with Crippen molar-refractivity contribution in [3.8, 4) is 0 Å². The van der Waals surface area contributed by atoms with Crippen molar-refractivity contribution >= 4 is 16.8 Å². The van der Waals surface area contributed by atoms with Crippen LogP contribution in [0.3, 0.4) is 0 Å². The molecule has 4 N–H and O–H groups in total. The molecule has 2 aromatic rings. The lowest BCUT2D eigenvalue weighted by Gasteiger charge is -2.14. The molecule has 0 bridgehead atoms. The molecular weight excluding hydrogens is 272 g/mol. The van der Waals surface area contributed by atoms with Gasteiger partial charge in [0.1, 0.15) is 0 Å². The van der Waals surface area contributed by atoms with Crippen LogP contribution < -0.4 is 22.3 Å². The number of aromatic nitrogens is 2. The highest BCUT2D eigenvalue weighted by molar-refractivity contribution is 5.82. The van der Waals surface area contributed by atoms with Crippen molar-refractivity contribution in [2.24, 2.45) is 5.73 Å². The molecule has 1 aromatic carbocycles. The molecule has 0 aliphatic carbocycles. The van der Waals surface area contributed by atoms with Crippen molar-refractivity contribution in [1.82, 2.24) is 14.9 Å². The number of aromatic amines is 1. The van der Waals surface area contributed by atoms with Crippen molar-refractivity contribution in [3.63, 3.8) is 0 Å². The third kappa shape index (κ3) is 2.36. The van der Waals surface area contributed by atoms with Crippen molar-refractivity contribution in [2.75, 3.05) is 13.1 Å². The molecule has 0 saturated heterocycles. The monoisotopic (exact) mass is 288 g/mol. The number of carbonyl (C=O) groups is 1. The SMILES string of the molecule is NC(=O)CCNCC1Cc2cccc3c(=O)[nH]c(=O)n1c23. The second kappa shape index (κ2) is 5.17. The molecule has 0 spiro atoms. The van der Waals surface area contributed by atoms with Crippen LogP contribution in [0, 0.1) is 0 Å². The molecule has 2 heterocycles. The number of nitrogens with two attached hydrogens (primary N) is 1. The van der Waals surface area contributed by atoms with Gasteiger partial charge in [0.05, 0.1) is 16.9 Å². The lowest BCUT2D eigenvalue weighted by atomic mass is 10.1. The minimum absolute atomic E-state index is 0.0675. The van der Waals surface area contributed by atoms with Gasteiger partial charge in [-0.25, -0.2) is 4.79 Å². The Bertz CT molecular complexity index is 821. The molecule has 0 saturated carbocycles. The molecule has 21 heavy (non-hydrogen) atoms. The Morgan fingerprint density at radius 2 is 2.24 bits per heavy atom. The summed E-state index contributed by atoms with van der Waals surface area (Å²) in [5, 5.41) is 3.66. The molecule has 1 aromatic heterocycles. The molecule has 1 aliphatic rings. The van der Waals surface area contributed by atoms with Crippen LogP contribution in [0.1, 0.15) is 18.0 Å². The number of amides is 1. The first-order valence-electron chi connectivity index (χ1n) is 6.83. The Hall–Kier alpha value is -2.41. The van der Waals surface area contributed by atoms with E-state index in [-0.39, 0.29) is 29.6 Å². The summed E-state index contributed by atoms with van der Waals surface area (Å²) in [4.78, 5) is 37.0. The highest BCUT2D eigenvalue weighted by Crippen LogP contribution is 2.28. The standard InChI is InChI=1S/C14H16N4O3/c15-11(19)4-5-16-7-9-6-8-2-1-3-10-12(8)18(9)14(21)17-13(10)20/h1-3,9,16H,4-7H2,(H2,15,19)(H,17,20,21). The zero-order valence-electron chi connectivity index (χ0n) is 11.4. The van der Waals surface area contributed by atoms with E-state index >= 15 is 0 Å². The van der Waals surface area contributed by atoms with E-state index in [0.717, 1.165) is 5.56 Å². The van der Waals surface area contributed by atoms with Crippen LogP contribution in [-0.2, 0) is 11.2 Å². The molecular formula is C14H16N4O3. The van der Waals surface area contributed by atoms with E-state index in [4.69, 9.17) is 5.73 Å². The topological polar surface area (TPSA) is 110 Å². The Morgan fingerprint density at radius 3 is 3.00 bits per heavy atom. The largest absolute Gasteiger partial charge is 0.370 e. The van der Waals surface area contributed by atoms with Gasteiger partial charge in [0.25, 0.3) is 5.56 Å². The fourth-order valence-corrected chi connectivity index (χ4v) is 2.89. The van der Waals surface area contributed by atoms with E-state index in [2.05, 4.69) is 10.3 Å². The summed E-state index contributed by atoms with van der Waals surface area (Å²) in [5.41, 5.74) is 6.06. The molecule has 1 unspecified atom stereocenters. The maximum atomic E-state index is 12.1. The van der Waals surface area contributed by atoms with Gasteiger partial charge in [-0.1, -0.05) is 12.1 Å². The summed E-state index contributed by atoms with van der Waals surface area (Å²) in [7, 11) is 0. The molecule has 7 nitrogen and oxygen atoms in total. The minimum atomic E-state index is -0.390. The van der Waals surface area contributed by atoms with E-state index in [1.54, 1.807) is 10.6 Å². The number of para-hydroxylation sites is 1. The van der Waals surface area contributed by atoms with Gasteiger partial charge in [0, 0.05) is 19.5 Å². The third-order valence-corrected chi connectivity index (χ3v) is 3.79. The summed E-state index contributed by atoms with van der Waals surface area (Å²) in [6.45, 7) is 1.02. The van der Waals surface area contributed by atoms with Crippen LogP contribution in [0.5, 0.6) is 0 Å². The molecule has 7 heteroatoms. The fourth-order valence-electron chi connectivity index (χ4n) is 2.89. The maximum Gasteiger partial charge on any atom is 0.329 e. The minimum Gasteiger partial charge on any atom is -0.370 e. The highest BCUT2D eigenvalue weighted by Gasteiger charge is 2.25. The van der Waals surface area contributed by atoms with E-state index < -0.39 is 0 Å². The first-order valence-corrected chi connectivity index (χ1v) is 6.83. The van der Waals surface area contributed by atoms with Gasteiger partial charge in [-0.05, 0) is 18.1 Å². The smallest absolute Gasteiger partial charge is 0.329 e. The summed E-state index contributed by atoms with van der Waals surface area (Å²) in [5.74, 6) is -0.360. The van der Waals surface area contributed by atoms with Crippen LogP contribution in [0.2, 0.25) is 0 Å². The predicted octanol–water partition coefficient (Wildman–Crippen LogP) is -0.748. The van der Waals surface area contributed by atoms with E-state index in [1.807, 2.05) is 12.1 Å². The number of benzene rings is 1. The zero-order chi connectivity index (χ0) is 15.0. The maximum absolute atomic E-state index is 12.1. The summed E-state index contributed by atoms with van der Waals surface area (Å²) in [6, 6.07) is 5.41. The number of hydrogen-bond acceptors (Lipinski definition) is 4. The quantitative estimate of drug-likeness (QED) is 0.629. The van der Waals surface area contributed by atoms with Gasteiger partial charge in [-0.2, -0.15) is 0 Å². The summed E-state index contributed by atoms with van der Waals surface area (Å²) < 4.78 is 1.63. The predicted molar refractivity (Wildman–Crippen MR) is 78.3 cm³/mol. The molecule has 3 rings (SSSR count). The van der Waals surface area contributed by atoms with Crippen LogP contribution in [-0.4, -0.2) is 28.5 Å². The van der Waals surface area contributed by atoms with Gasteiger partial charge >= 0.3 is 5.69 Å². The van der Waals surface area contributed by atoms with Crippen LogP contribution in [0.15, 0.2) is 27.8 Å². The summed E-state index contributed by atoms with van der Waals surface area (Å²) >= 11 is 0. The number of nitrogens with one attached hydrogen (secondary N) is 2. The second-order valence-corrected chi connectivity index (χ2v) is 5.22. The number of H-pyrrole nitrogens is 1. The molecule has 1 aliphatic heterocycles. The number of rotatable bonds is 5. The Labute approximate surface area is 119 Å². The van der Waals surface area contributed by atoms with Crippen molar-refractivity contribution in [1.29, 1.82) is 0 Å². The lowest BCUT2D eigenvalue weighted by molar-refractivity contribution is -0.117. The van der Waals surface area contributed by atoms with Crippen molar-refractivity contribution in [3.05, 3.63) is 44.6 Å². The van der Waals surface area contributed by atoms with Crippen LogP contribution in [0.25, 0.3) is 10.9 Å². The first kappa shape index (κ1) is 13.6.